The summed E-state index contributed by atoms with van der Waals surface area (Å²) in [5.74, 6) is 0.306. The summed E-state index contributed by atoms with van der Waals surface area (Å²) < 4.78 is 13.4. The van der Waals surface area contributed by atoms with E-state index in [2.05, 4.69) is 15.5 Å². The molecule has 0 saturated carbocycles. The predicted octanol–water partition coefficient (Wildman–Crippen LogP) is 0.983. The average Bonchev–Trinajstić information content (AvgIpc) is 2.85. The minimum absolute atomic E-state index is 0.0432. The Morgan fingerprint density at radius 2 is 2.25 bits per heavy atom. The van der Waals surface area contributed by atoms with Crippen LogP contribution >= 0.6 is 0 Å². The second-order valence-electron chi connectivity index (χ2n) is 5.32. The number of nitrogens with one attached hydrogen (secondary N) is 2. The lowest BCUT2D eigenvalue weighted by atomic mass is 10.1. The Kier molecular flexibility index (Phi) is 5.49. The standard InChI is InChI=1S/C15H22FN3O/c1-17-8-12-6-7-19(10-12)11-15(20)18-9-13-4-2-3-5-14(13)16/h2-5,12,17H,6-11H2,1H3,(H,18,20). The van der Waals surface area contributed by atoms with Gasteiger partial charge in [-0.2, -0.15) is 0 Å². The normalized spacial score (nSPS) is 19.2. The topological polar surface area (TPSA) is 44.4 Å². The van der Waals surface area contributed by atoms with Gasteiger partial charge in [-0.15, -0.1) is 0 Å². The summed E-state index contributed by atoms with van der Waals surface area (Å²) in [5.41, 5.74) is 0.523. The summed E-state index contributed by atoms with van der Waals surface area (Å²) in [6.07, 6.45) is 1.13. The Labute approximate surface area is 119 Å². The van der Waals surface area contributed by atoms with Crippen LogP contribution in [0.4, 0.5) is 4.39 Å². The predicted molar refractivity (Wildman–Crippen MR) is 76.7 cm³/mol. The van der Waals surface area contributed by atoms with Crippen LogP contribution in [0, 0.1) is 11.7 Å². The molecule has 0 bridgehead atoms. The van der Waals surface area contributed by atoms with Crippen LogP contribution in [0.2, 0.25) is 0 Å². The first-order chi connectivity index (χ1) is 9.69. The molecule has 1 unspecified atom stereocenters. The van der Waals surface area contributed by atoms with E-state index in [4.69, 9.17) is 0 Å². The van der Waals surface area contributed by atoms with Crippen LogP contribution in [0.1, 0.15) is 12.0 Å². The number of rotatable bonds is 6. The third kappa shape index (κ3) is 4.28. The molecular weight excluding hydrogens is 257 g/mol. The highest BCUT2D eigenvalue weighted by atomic mass is 19.1. The van der Waals surface area contributed by atoms with Crippen LogP contribution in [0.15, 0.2) is 24.3 Å². The molecule has 1 aromatic carbocycles. The van der Waals surface area contributed by atoms with Gasteiger partial charge in [-0.1, -0.05) is 18.2 Å². The lowest BCUT2D eigenvalue weighted by molar-refractivity contribution is -0.122. The maximum atomic E-state index is 13.4. The van der Waals surface area contributed by atoms with Crippen molar-refractivity contribution in [1.29, 1.82) is 0 Å². The van der Waals surface area contributed by atoms with Crippen LogP contribution in [0.5, 0.6) is 0 Å². The van der Waals surface area contributed by atoms with E-state index < -0.39 is 0 Å². The number of benzene rings is 1. The van der Waals surface area contributed by atoms with E-state index in [1.165, 1.54) is 6.07 Å². The monoisotopic (exact) mass is 279 g/mol. The summed E-state index contributed by atoms with van der Waals surface area (Å²) in [7, 11) is 1.95. The van der Waals surface area contributed by atoms with Crippen LogP contribution in [-0.4, -0.2) is 44.0 Å². The van der Waals surface area contributed by atoms with Gasteiger partial charge in [0.05, 0.1) is 6.54 Å². The smallest absolute Gasteiger partial charge is 0.234 e. The first-order valence-corrected chi connectivity index (χ1v) is 7.06. The number of halogens is 1. The molecule has 1 fully saturated rings. The molecule has 1 saturated heterocycles. The molecule has 0 spiro atoms. The zero-order valence-electron chi connectivity index (χ0n) is 11.9. The van der Waals surface area contributed by atoms with E-state index in [0.29, 0.717) is 18.0 Å². The molecule has 1 aromatic rings. The van der Waals surface area contributed by atoms with Crippen molar-refractivity contribution in [3.05, 3.63) is 35.6 Å². The molecule has 20 heavy (non-hydrogen) atoms. The SMILES string of the molecule is CNCC1CCN(CC(=O)NCc2ccccc2F)C1. The van der Waals surface area contributed by atoms with Crippen molar-refractivity contribution < 1.29 is 9.18 Å². The summed E-state index contributed by atoms with van der Waals surface area (Å²) in [6, 6.07) is 6.51. The van der Waals surface area contributed by atoms with E-state index >= 15 is 0 Å². The maximum absolute atomic E-state index is 13.4. The fourth-order valence-corrected chi connectivity index (χ4v) is 2.61. The van der Waals surface area contributed by atoms with Gasteiger partial charge in [0, 0.05) is 18.7 Å². The van der Waals surface area contributed by atoms with E-state index in [1.54, 1.807) is 18.2 Å². The first-order valence-electron chi connectivity index (χ1n) is 7.06. The van der Waals surface area contributed by atoms with E-state index in [0.717, 1.165) is 26.1 Å². The Morgan fingerprint density at radius 3 is 3.00 bits per heavy atom. The van der Waals surface area contributed by atoms with E-state index in [-0.39, 0.29) is 18.3 Å². The van der Waals surface area contributed by atoms with E-state index in [1.807, 2.05) is 7.05 Å². The molecule has 1 aliphatic rings. The van der Waals surface area contributed by atoms with E-state index in [9.17, 15) is 9.18 Å². The van der Waals surface area contributed by atoms with Crippen molar-refractivity contribution in [3.8, 4) is 0 Å². The van der Waals surface area contributed by atoms with Gasteiger partial charge in [0.1, 0.15) is 5.82 Å². The number of carbonyl (C=O) groups is 1. The van der Waals surface area contributed by atoms with Gasteiger partial charge in [0.2, 0.25) is 5.91 Å². The molecule has 1 aliphatic heterocycles. The summed E-state index contributed by atoms with van der Waals surface area (Å²) in [4.78, 5) is 14.0. The quantitative estimate of drug-likeness (QED) is 0.816. The highest BCUT2D eigenvalue weighted by molar-refractivity contribution is 5.78. The lowest BCUT2D eigenvalue weighted by Gasteiger charge is -2.15. The second-order valence-corrected chi connectivity index (χ2v) is 5.32. The Balaban J connectivity index is 1.72. The Bertz CT molecular complexity index is 452. The van der Waals surface area contributed by atoms with Gasteiger partial charge in [0.25, 0.3) is 0 Å². The molecule has 0 aromatic heterocycles. The number of amides is 1. The summed E-state index contributed by atoms with van der Waals surface area (Å²) in [5, 5.41) is 5.94. The fraction of sp³-hybridized carbons (Fsp3) is 0.533. The maximum Gasteiger partial charge on any atom is 0.234 e. The minimum atomic E-state index is -0.275. The van der Waals surface area contributed by atoms with Gasteiger partial charge < -0.3 is 10.6 Å². The van der Waals surface area contributed by atoms with Crippen molar-refractivity contribution in [3.63, 3.8) is 0 Å². The Hall–Kier alpha value is -1.46. The highest BCUT2D eigenvalue weighted by Crippen LogP contribution is 2.14. The Morgan fingerprint density at radius 1 is 1.45 bits per heavy atom. The summed E-state index contributed by atoms with van der Waals surface area (Å²) in [6.45, 7) is 3.55. The van der Waals surface area contributed by atoms with Crippen LogP contribution in [-0.2, 0) is 11.3 Å². The second kappa shape index (κ2) is 7.36. The highest BCUT2D eigenvalue weighted by Gasteiger charge is 2.23. The molecule has 2 N–H and O–H groups in total. The average molecular weight is 279 g/mol. The van der Waals surface area contributed by atoms with Crippen molar-refractivity contribution in [2.45, 2.75) is 13.0 Å². The molecule has 110 valence electrons. The summed E-state index contributed by atoms with van der Waals surface area (Å²) >= 11 is 0. The number of likely N-dealkylation sites (tertiary alicyclic amines) is 1. The van der Waals surface area contributed by atoms with Crippen molar-refractivity contribution in [1.82, 2.24) is 15.5 Å². The van der Waals surface area contributed by atoms with Crippen LogP contribution < -0.4 is 10.6 Å². The van der Waals surface area contributed by atoms with Crippen molar-refractivity contribution in [2.75, 3.05) is 33.2 Å². The first kappa shape index (κ1) is 14.9. The number of hydrogen-bond donors (Lipinski definition) is 2. The molecule has 1 atom stereocenters. The third-order valence-corrected chi connectivity index (χ3v) is 3.66. The van der Waals surface area contributed by atoms with Crippen LogP contribution in [0.3, 0.4) is 0 Å². The molecule has 2 rings (SSSR count). The fourth-order valence-electron chi connectivity index (χ4n) is 2.61. The lowest BCUT2D eigenvalue weighted by Crippen LogP contribution is -2.36. The zero-order chi connectivity index (χ0) is 14.4. The number of carbonyl (C=O) groups excluding carboxylic acids is 1. The van der Waals surface area contributed by atoms with Crippen molar-refractivity contribution >= 4 is 5.91 Å². The molecule has 0 radical (unpaired) electrons. The number of hydrogen-bond acceptors (Lipinski definition) is 3. The van der Waals surface area contributed by atoms with Crippen molar-refractivity contribution in [2.24, 2.45) is 5.92 Å². The van der Waals surface area contributed by atoms with Gasteiger partial charge in [-0.05, 0) is 38.5 Å². The van der Waals surface area contributed by atoms with Gasteiger partial charge in [0.15, 0.2) is 0 Å². The van der Waals surface area contributed by atoms with Gasteiger partial charge in [-0.25, -0.2) is 4.39 Å². The van der Waals surface area contributed by atoms with Crippen LogP contribution in [0.25, 0.3) is 0 Å². The largest absolute Gasteiger partial charge is 0.351 e. The molecule has 4 nitrogen and oxygen atoms in total. The molecule has 1 amide bonds. The molecule has 5 heteroatoms. The molecule has 0 aliphatic carbocycles. The minimum Gasteiger partial charge on any atom is -0.351 e. The molecule has 1 heterocycles. The number of nitrogens with zero attached hydrogens (tertiary/aromatic N) is 1. The zero-order valence-corrected chi connectivity index (χ0v) is 11.9. The van der Waals surface area contributed by atoms with Gasteiger partial charge in [-0.3, -0.25) is 9.69 Å². The molecular formula is C15H22FN3O. The third-order valence-electron chi connectivity index (χ3n) is 3.66. The van der Waals surface area contributed by atoms with Gasteiger partial charge >= 0.3 is 0 Å².